The highest BCUT2D eigenvalue weighted by Crippen LogP contribution is 2.16. The summed E-state index contributed by atoms with van der Waals surface area (Å²) in [5.41, 5.74) is 4.10. The molecular formula is C18H17IN4O3. The molecule has 0 unspecified atom stereocenters. The lowest BCUT2D eigenvalue weighted by molar-refractivity contribution is 0.0923. The number of carbonyl (C=O) groups is 1. The summed E-state index contributed by atoms with van der Waals surface area (Å²) in [5.74, 6) is 1.04. The number of benzene rings is 1. The molecule has 1 aromatic carbocycles. The first-order valence-electron chi connectivity index (χ1n) is 7.82. The molecule has 2 aromatic heterocycles. The van der Waals surface area contributed by atoms with Crippen LogP contribution in [-0.2, 0) is 13.7 Å². The van der Waals surface area contributed by atoms with Crippen molar-refractivity contribution in [1.29, 1.82) is 0 Å². The van der Waals surface area contributed by atoms with Gasteiger partial charge < -0.3 is 9.15 Å². The molecule has 0 aliphatic heterocycles. The molecule has 0 saturated heterocycles. The number of hydrazone groups is 1. The lowest BCUT2D eigenvalue weighted by Crippen LogP contribution is -2.16. The highest BCUT2D eigenvalue weighted by Gasteiger charge is 2.11. The van der Waals surface area contributed by atoms with E-state index in [1.165, 1.54) is 0 Å². The maximum atomic E-state index is 12.1. The molecule has 0 radical (unpaired) electrons. The van der Waals surface area contributed by atoms with E-state index < -0.39 is 5.91 Å². The third-order valence-electron chi connectivity index (χ3n) is 3.50. The van der Waals surface area contributed by atoms with Crippen LogP contribution in [0.25, 0.3) is 0 Å². The van der Waals surface area contributed by atoms with Crippen LogP contribution in [0.4, 0.5) is 0 Å². The number of halogens is 1. The van der Waals surface area contributed by atoms with E-state index in [-0.39, 0.29) is 12.4 Å². The lowest BCUT2D eigenvalue weighted by atomic mass is 10.3. The molecule has 0 aliphatic rings. The predicted octanol–water partition coefficient (Wildman–Crippen LogP) is 3.27. The molecule has 0 saturated carbocycles. The van der Waals surface area contributed by atoms with Crippen molar-refractivity contribution in [2.24, 2.45) is 12.1 Å². The van der Waals surface area contributed by atoms with Crippen LogP contribution in [0.3, 0.4) is 0 Å². The summed E-state index contributed by atoms with van der Waals surface area (Å²) in [4.78, 5) is 12.1. The van der Waals surface area contributed by atoms with Crippen LogP contribution in [0.15, 0.2) is 52.1 Å². The van der Waals surface area contributed by atoms with Gasteiger partial charge in [0, 0.05) is 22.4 Å². The van der Waals surface area contributed by atoms with E-state index in [4.69, 9.17) is 9.15 Å². The van der Waals surface area contributed by atoms with Crippen LogP contribution in [0.2, 0.25) is 0 Å². The highest BCUT2D eigenvalue weighted by molar-refractivity contribution is 14.1. The minimum absolute atomic E-state index is 0.172. The number of aromatic nitrogens is 2. The summed E-state index contributed by atoms with van der Waals surface area (Å²) in [6.07, 6.45) is 3.36. The van der Waals surface area contributed by atoms with Gasteiger partial charge in [0.2, 0.25) is 0 Å². The van der Waals surface area contributed by atoms with Crippen LogP contribution in [0.5, 0.6) is 5.75 Å². The molecule has 3 aromatic rings. The van der Waals surface area contributed by atoms with Crippen LogP contribution < -0.4 is 10.2 Å². The van der Waals surface area contributed by atoms with Gasteiger partial charge in [-0.15, -0.1) is 0 Å². The molecule has 3 rings (SSSR count). The minimum Gasteiger partial charge on any atom is -0.486 e. The lowest BCUT2D eigenvalue weighted by Gasteiger charge is -2.03. The summed E-state index contributed by atoms with van der Waals surface area (Å²) in [6, 6.07) is 11.0. The largest absolute Gasteiger partial charge is 0.486 e. The second-order valence-electron chi connectivity index (χ2n) is 5.55. The second-order valence-corrected chi connectivity index (χ2v) is 6.80. The van der Waals surface area contributed by atoms with Crippen molar-refractivity contribution in [2.75, 3.05) is 0 Å². The Morgan fingerprint density at radius 2 is 2.12 bits per heavy atom. The van der Waals surface area contributed by atoms with Gasteiger partial charge in [-0.25, -0.2) is 5.43 Å². The summed E-state index contributed by atoms with van der Waals surface area (Å²) in [7, 11) is 1.83. The molecule has 2 heterocycles. The van der Waals surface area contributed by atoms with Gasteiger partial charge >= 0.3 is 5.91 Å². The topological polar surface area (TPSA) is 81.7 Å². The Morgan fingerprint density at radius 1 is 1.35 bits per heavy atom. The Kier molecular flexibility index (Phi) is 5.71. The minimum atomic E-state index is -0.427. The number of ether oxygens (including phenoxy) is 1. The smallest absolute Gasteiger partial charge is 0.307 e. The first kappa shape index (κ1) is 18.2. The fourth-order valence-corrected chi connectivity index (χ4v) is 2.58. The van der Waals surface area contributed by atoms with Gasteiger partial charge in [-0.05, 0) is 65.9 Å². The summed E-state index contributed by atoms with van der Waals surface area (Å²) >= 11 is 2.23. The summed E-state index contributed by atoms with van der Waals surface area (Å²) in [6.45, 7) is 2.11. The van der Waals surface area contributed by atoms with Gasteiger partial charge in [-0.3, -0.25) is 9.48 Å². The number of carbonyl (C=O) groups excluding carboxylic acids is 1. The number of furan rings is 1. The van der Waals surface area contributed by atoms with Gasteiger partial charge in [0.15, 0.2) is 5.76 Å². The normalized spacial score (nSPS) is 11.0. The Balaban J connectivity index is 1.54. The molecule has 8 heteroatoms. The number of amides is 1. The SMILES string of the molecule is Cc1nn(C)cc1/C=N\NC(=O)c1ccc(COc2ccc(I)cc2)o1. The third kappa shape index (κ3) is 4.72. The van der Waals surface area contributed by atoms with Crippen molar-refractivity contribution in [3.05, 3.63) is 68.9 Å². The Hall–Kier alpha value is -2.62. The number of nitrogens with zero attached hydrogens (tertiary/aromatic N) is 3. The average Bonchev–Trinajstić information content (AvgIpc) is 3.21. The van der Waals surface area contributed by atoms with Crippen LogP contribution >= 0.6 is 22.6 Å². The Labute approximate surface area is 164 Å². The van der Waals surface area contributed by atoms with E-state index in [0.29, 0.717) is 5.76 Å². The first-order chi connectivity index (χ1) is 12.5. The monoisotopic (exact) mass is 464 g/mol. The van der Waals surface area contributed by atoms with Crippen LogP contribution in [-0.4, -0.2) is 21.9 Å². The van der Waals surface area contributed by atoms with E-state index in [9.17, 15) is 4.79 Å². The van der Waals surface area contributed by atoms with Gasteiger partial charge in [0.1, 0.15) is 18.1 Å². The Bertz CT molecular complexity index is 928. The fraction of sp³-hybridized carbons (Fsp3) is 0.167. The zero-order valence-electron chi connectivity index (χ0n) is 14.3. The Morgan fingerprint density at radius 3 is 2.81 bits per heavy atom. The van der Waals surface area contributed by atoms with E-state index in [2.05, 4.69) is 38.2 Å². The molecule has 0 bridgehead atoms. The van der Waals surface area contributed by atoms with Crippen molar-refractivity contribution >= 4 is 34.7 Å². The third-order valence-corrected chi connectivity index (χ3v) is 4.22. The van der Waals surface area contributed by atoms with Gasteiger partial charge in [0.25, 0.3) is 0 Å². The zero-order chi connectivity index (χ0) is 18.5. The van der Waals surface area contributed by atoms with E-state index in [1.807, 2.05) is 44.4 Å². The molecule has 1 N–H and O–H groups in total. The number of nitrogens with one attached hydrogen (secondary N) is 1. The first-order valence-corrected chi connectivity index (χ1v) is 8.90. The number of hydrogen-bond acceptors (Lipinski definition) is 5. The number of aryl methyl sites for hydroxylation is 2. The average molecular weight is 464 g/mol. The van der Waals surface area contributed by atoms with Crippen LogP contribution in [0, 0.1) is 10.5 Å². The number of hydrogen-bond donors (Lipinski definition) is 1. The molecule has 0 atom stereocenters. The highest BCUT2D eigenvalue weighted by atomic mass is 127. The van der Waals surface area contributed by atoms with Crippen molar-refractivity contribution in [2.45, 2.75) is 13.5 Å². The van der Waals surface area contributed by atoms with Crippen LogP contribution in [0.1, 0.15) is 27.6 Å². The molecule has 7 nitrogen and oxygen atoms in total. The molecule has 0 aliphatic carbocycles. The molecule has 0 fully saturated rings. The van der Waals surface area contributed by atoms with E-state index >= 15 is 0 Å². The van der Waals surface area contributed by atoms with Gasteiger partial charge in [-0.1, -0.05) is 0 Å². The molecule has 0 spiro atoms. The van der Waals surface area contributed by atoms with Crippen molar-refractivity contribution in [3.63, 3.8) is 0 Å². The maximum Gasteiger partial charge on any atom is 0.307 e. The predicted molar refractivity (Wildman–Crippen MR) is 105 cm³/mol. The second kappa shape index (κ2) is 8.17. The van der Waals surface area contributed by atoms with E-state index in [0.717, 1.165) is 20.6 Å². The fourth-order valence-electron chi connectivity index (χ4n) is 2.22. The maximum absolute atomic E-state index is 12.1. The van der Waals surface area contributed by atoms with Crippen molar-refractivity contribution in [1.82, 2.24) is 15.2 Å². The molecular weight excluding hydrogens is 447 g/mol. The molecule has 26 heavy (non-hydrogen) atoms. The zero-order valence-corrected chi connectivity index (χ0v) is 16.4. The van der Waals surface area contributed by atoms with Crippen molar-refractivity contribution in [3.8, 4) is 5.75 Å². The standard InChI is InChI=1S/C18H17IN4O3/c1-12-13(10-23(2)22-12)9-20-21-18(24)17-8-7-16(26-17)11-25-15-5-3-14(19)4-6-15/h3-10H,11H2,1-2H3,(H,21,24)/b20-9-. The van der Waals surface area contributed by atoms with Crippen molar-refractivity contribution < 1.29 is 13.9 Å². The van der Waals surface area contributed by atoms with Gasteiger partial charge in [-0.2, -0.15) is 10.2 Å². The van der Waals surface area contributed by atoms with Gasteiger partial charge in [0.05, 0.1) is 11.9 Å². The summed E-state index contributed by atoms with van der Waals surface area (Å²) in [5, 5.41) is 8.13. The summed E-state index contributed by atoms with van der Waals surface area (Å²) < 4.78 is 13.9. The molecule has 134 valence electrons. The molecule has 1 amide bonds. The number of rotatable bonds is 6. The van der Waals surface area contributed by atoms with E-state index in [1.54, 1.807) is 23.0 Å². The quantitative estimate of drug-likeness (QED) is 0.345.